The number of halogens is 1. The first-order chi connectivity index (χ1) is 7.31. The molecule has 2 heterocycles. The van der Waals surface area contributed by atoms with Gasteiger partial charge in [-0.2, -0.15) is 0 Å². The van der Waals surface area contributed by atoms with Crippen LogP contribution in [0, 0.1) is 0 Å². The van der Waals surface area contributed by atoms with Crippen LogP contribution in [0.1, 0.15) is 17.5 Å². The molecule has 1 N–H and O–H groups in total. The Bertz CT molecular complexity index is 411. The lowest BCUT2D eigenvalue weighted by molar-refractivity contribution is 0.459. The fraction of sp³-hybridized carbons (Fsp3) is 0.182. The number of aromatic nitrogens is 1. The Morgan fingerprint density at radius 1 is 1.40 bits per heavy atom. The Balaban J connectivity index is 2.31. The van der Waals surface area contributed by atoms with Crippen molar-refractivity contribution in [2.75, 3.05) is 7.05 Å². The van der Waals surface area contributed by atoms with Gasteiger partial charge >= 0.3 is 0 Å². The summed E-state index contributed by atoms with van der Waals surface area (Å²) in [5.74, 6) is 0.868. The maximum atomic E-state index is 5.36. The van der Waals surface area contributed by atoms with Crippen molar-refractivity contribution in [2.24, 2.45) is 0 Å². The van der Waals surface area contributed by atoms with Gasteiger partial charge in [0.25, 0.3) is 0 Å². The van der Waals surface area contributed by atoms with Crippen LogP contribution in [-0.4, -0.2) is 12.0 Å². The Hall–Kier alpha value is -1.13. The number of nitrogens with one attached hydrogen (secondary N) is 1. The van der Waals surface area contributed by atoms with Crippen LogP contribution in [0.5, 0.6) is 0 Å². The van der Waals surface area contributed by atoms with E-state index in [4.69, 9.17) is 4.42 Å². The lowest BCUT2D eigenvalue weighted by Crippen LogP contribution is -2.18. The van der Waals surface area contributed by atoms with Gasteiger partial charge in [-0.25, -0.2) is 0 Å². The van der Waals surface area contributed by atoms with Crippen molar-refractivity contribution in [3.8, 4) is 0 Å². The van der Waals surface area contributed by atoms with E-state index < -0.39 is 0 Å². The highest BCUT2D eigenvalue weighted by Gasteiger charge is 2.15. The number of furan rings is 1. The first-order valence-electron chi connectivity index (χ1n) is 4.63. The van der Waals surface area contributed by atoms with Gasteiger partial charge in [-0.05, 0) is 47.2 Å². The molecule has 0 aromatic carbocycles. The minimum absolute atomic E-state index is 0.00750. The second kappa shape index (κ2) is 4.59. The first-order valence-corrected chi connectivity index (χ1v) is 5.42. The third-order valence-corrected chi connectivity index (χ3v) is 2.63. The molecular formula is C11H11BrN2O. The molecule has 0 aliphatic rings. The maximum Gasteiger partial charge on any atom is 0.126 e. The molecule has 0 bridgehead atoms. The van der Waals surface area contributed by atoms with Crippen LogP contribution >= 0.6 is 15.9 Å². The highest BCUT2D eigenvalue weighted by molar-refractivity contribution is 9.10. The van der Waals surface area contributed by atoms with Gasteiger partial charge in [0.1, 0.15) is 11.8 Å². The molecule has 0 saturated heterocycles. The van der Waals surface area contributed by atoms with Gasteiger partial charge in [-0.1, -0.05) is 0 Å². The second-order valence-corrected chi connectivity index (χ2v) is 4.05. The normalized spacial score (nSPS) is 12.7. The summed E-state index contributed by atoms with van der Waals surface area (Å²) in [6.07, 6.45) is 3.45. The van der Waals surface area contributed by atoms with Gasteiger partial charge in [-0.3, -0.25) is 4.98 Å². The molecule has 1 atom stereocenters. The highest BCUT2D eigenvalue weighted by Crippen LogP contribution is 2.21. The van der Waals surface area contributed by atoms with Gasteiger partial charge in [-0.15, -0.1) is 0 Å². The fourth-order valence-electron chi connectivity index (χ4n) is 1.45. The van der Waals surface area contributed by atoms with E-state index in [0.717, 1.165) is 15.9 Å². The zero-order valence-electron chi connectivity index (χ0n) is 8.27. The van der Waals surface area contributed by atoms with Gasteiger partial charge in [0.15, 0.2) is 0 Å². The number of pyridine rings is 1. The van der Waals surface area contributed by atoms with Gasteiger partial charge in [0.2, 0.25) is 0 Å². The number of hydrogen-bond donors (Lipinski definition) is 1. The molecular weight excluding hydrogens is 256 g/mol. The molecule has 4 heteroatoms. The Kier molecular flexibility index (Phi) is 3.18. The summed E-state index contributed by atoms with van der Waals surface area (Å²) in [5.41, 5.74) is 0.940. The predicted octanol–water partition coefficient (Wildman–Crippen LogP) is 2.75. The molecule has 0 spiro atoms. The third-order valence-electron chi connectivity index (χ3n) is 2.16. The second-order valence-electron chi connectivity index (χ2n) is 3.14. The minimum Gasteiger partial charge on any atom is -0.467 e. The van der Waals surface area contributed by atoms with Crippen LogP contribution in [-0.2, 0) is 0 Å². The summed E-state index contributed by atoms with van der Waals surface area (Å²) in [7, 11) is 1.89. The van der Waals surface area contributed by atoms with Gasteiger partial charge < -0.3 is 9.73 Å². The molecule has 0 amide bonds. The zero-order chi connectivity index (χ0) is 10.7. The largest absolute Gasteiger partial charge is 0.467 e. The smallest absolute Gasteiger partial charge is 0.126 e. The van der Waals surface area contributed by atoms with Crippen molar-refractivity contribution >= 4 is 15.9 Å². The molecule has 15 heavy (non-hydrogen) atoms. The molecule has 2 aromatic heterocycles. The molecule has 0 radical (unpaired) electrons. The van der Waals surface area contributed by atoms with E-state index >= 15 is 0 Å². The number of nitrogens with zero attached hydrogens (tertiary/aromatic N) is 1. The molecule has 3 nitrogen and oxygen atoms in total. The van der Waals surface area contributed by atoms with Crippen LogP contribution in [0.3, 0.4) is 0 Å². The minimum atomic E-state index is 0.00750. The van der Waals surface area contributed by atoms with Crippen LogP contribution in [0.2, 0.25) is 0 Å². The first kappa shape index (κ1) is 10.4. The Morgan fingerprint density at radius 2 is 2.27 bits per heavy atom. The molecule has 0 aliphatic heterocycles. The van der Waals surface area contributed by atoms with Crippen LogP contribution in [0.15, 0.2) is 45.6 Å². The van der Waals surface area contributed by atoms with Crippen LogP contribution in [0.25, 0.3) is 0 Å². The van der Waals surface area contributed by atoms with Crippen molar-refractivity contribution in [3.63, 3.8) is 0 Å². The summed E-state index contributed by atoms with van der Waals surface area (Å²) in [5, 5.41) is 3.17. The standard InChI is InChI=1S/C11H11BrN2O/c1-13-11(10-3-2-6-15-10)9-5-4-8(12)7-14-9/h2-7,11,13H,1H3. The predicted molar refractivity (Wildman–Crippen MR) is 61.5 cm³/mol. The zero-order valence-corrected chi connectivity index (χ0v) is 9.86. The lowest BCUT2D eigenvalue weighted by atomic mass is 10.1. The van der Waals surface area contributed by atoms with Crippen molar-refractivity contribution in [3.05, 3.63) is 52.7 Å². The molecule has 0 aliphatic carbocycles. The fourth-order valence-corrected chi connectivity index (χ4v) is 1.68. The van der Waals surface area contributed by atoms with E-state index in [-0.39, 0.29) is 6.04 Å². The monoisotopic (exact) mass is 266 g/mol. The number of rotatable bonds is 3. The van der Waals surface area contributed by atoms with Crippen molar-refractivity contribution in [1.82, 2.24) is 10.3 Å². The quantitative estimate of drug-likeness (QED) is 0.929. The van der Waals surface area contributed by atoms with Crippen molar-refractivity contribution < 1.29 is 4.42 Å². The SMILES string of the molecule is CNC(c1ccc(Br)cn1)c1ccco1. The van der Waals surface area contributed by atoms with Gasteiger partial charge in [0, 0.05) is 10.7 Å². The van der Waals surface area contributed by atoms with Crippen LogP contribution < -0.4 is 5.32 Å². The number of hydrogen-bond acceptors (Lipinski definition) is 3. The van der Waals surface area contributed by atoms with Crippen molar-refractivity contribution in [1.29, 1.82) is 0 Å². The van der Waals surface area contributed by atoms with E-state index in [1.807, 2.05) is 31.3 Å². The lowest BCUT2D eigenvalue weighted by Gasteiger charge is -2.12. The van der Waals surface area contributed by atoms with E-state index in [1.165, 1.54) is 0 Å². The Morgan fingerprint density at radius 3 is 2.80 bits per heavy atom. The van der Waals surface area contributed by atoms with Crippen LogP contribution in [0.4, 0.5) is 0 Å². The summed E-state index contributed by atoms with van der Waals surface area (Å²) < 4.78 is 6.33. The van der Waals surface area contributed by atoms with Crippen molar-refractivity contribution in [2.45, 2.75) is 6.04 Å². The molecule has 0 saturated carbocycles. The summed E-state index contributed by atoms with van der Waals surface area (Å²) in [6, 6.07) is 7.75. The van der Waals surface area contributed by atoms with E-state index in [9.17, 15) is 0 Å². The Labute approximate surface area is 96.6 Å². The molecule has 78 valence electrons. The molecule has 2 rings (SSSR count). The van der Waals surface area contributed by atoms with E-state index in [2.05, 4.69) is 26.2 Å². The highest BCUT2D eigenvalue weighted by atomic mass is 79.9. The summed E-state index contributed by atoms with van der Waals surface area (Å²) in [4.78, 5) is 4.34. The molecule has 0 fully saturated rings. The molecule has 2 aromatic rings. The average Bonchev–Trinajstić information content (AvgIpc) is 2.75. The summed E-state index contributed by atoms with van der Waals surface area (Å²) >= 11 is 3.36. The van der Waals surface area contributed by atoms with E-state index in [0.29, 0.717) is 0 Å². The topological polar surface area (TPSA) is 38.1 Å². The molecule has 1 unspecified atom stereocenters. The third kappa shape index (κ3) is 2.27. The van der Waals surface area contributed by atoms with Gasteiger partial charge in [0.05, 0.1) is 12.0 Å². The maximum absolute atomic E-state index is 5.36. The average molecular weight is 267 g/mol. The van der Waals surface area contributed by atoms with E-state index in [1.54, 1.807) is 12.5 Å². The summed E-state index contributed by atoms with van der Waals surface area (Å²) in [6.45, 7) is 0.